The zero-order valence-electron chi connectivity index (χ0n) is 20.4. The maximum absolute atomic E-state index is 13.0. The summed E-state index contributed by atoms with van der Waals surface area (Å²) in [6.45, 7) is 1.46. The predicted molar refractivity (Wildman–Crippen MR) is 133 cm³/mol. The van der Waals surface area contributed by atoms with Crippen molar-refractivity contribution in [3.63, 3.8) is 0 Å². The van der Waals surface area contributed by atoms with Gasteiger partial charge in [0.15, 0.2) is 11.5 Å². The van der Waals surface area contributed by atoms with E-state index >= 15 is 0 Å². The van der Waals surface area contributed by atoms with Gasteiger partial charge in [-0.1, -0.05) is 12.1 Å². The van der Waals surface area contributed by atoms with Crippen molar-refractivity contribution in [1.29, 1.82) is 0 Å². The number of carbonyl (C=O) groups excluding carboxylic acids is 1. The Balaban J connectivity index is 1.48. The Hall–Kier alpha value is -5.40. The van der Waals surface area contributed by atoms with Gasteiger partial charge in [-0.25, -0.2) is 0 Å². The van der Waals surface area contributed by atoms with Gasteiger partial charge >= 0.3 is 11.9 Å². The number of furan rings is 1. The fourth-order valence-corrected chi connectivity index (χ4v) is 3.50. The predicted octanol–water partition coefficient (Wildman–Crippen LogP) is 7.05. The van der Waals surface area contributed by atoms with Crippen LogP contribution in [0.4, 0.5) is 30.2 Å². The summed E-state index contributed by atoms with van der Waals surface area (Å²) in [6, 6.07) is 14.3. The van der Waals surface area contributed by atoms with Gasteiger partial charge in [0, 0.05) is 18.2 Å². The van der Waals surface area contributed by atoms with Gasteiger partial charge in [-0.3, -0.25) is 25.0 Å². The molecule has 40 heavy (non-hydrogen) atoms. The van der Waals surface area contributed by atoms with E-state index < -0.39 is 33.2 Å². The highest BCUT2D eigenvalue weighted by atomic mass is 19.4. The molecule has 0 saturated carbocycles. The van der Waals surface area contributed by atoms with Crippen LogP contribution in [-0.2, 0) is 12.8 Å². The number of nitro benzene ring substituents is 2. The number of halogens is 3. The fraction of sp³-hybridized carbons (Fsp3) is 0.115. The highest BCUT2D eigenvalue weighted by Crippen LogP contribution is 2.35. The standard InChI is InChI=1S/C26H18F3N3O8/c1-15-5-7-23(22(9-15)32(36)37)38-14-20-6-8-24(40-20)25(33)30-17-11-18(31(34)35)13-21(12-17)39-19-4-2-3-16(10-19)26(27,28)29/h2-13H,14H2,1H3,(H,30,33). The number of nitrogens with zero attached hydrogens (tertiary/aromatic N) is 2. The van der Waals surface area contributed by atoms with Crippen LogP contribution in [0.1, 0.15) is 27.4 Å². The fourth-order valence-electron chi connectivity index (χ4n) is 3.50. The molecule has 14 heteroatoms. The normalized spacial score (nSPS) is 11.1. The number of ether oxygens (including phenoxy) is 2. The summed E-state index contributed by atoms with van der Waals surface area (Å²) < 4.78 is 55.3. The van der Waals surface area contributed by atoms with Crippen LogP contribution in [-0.4, -0.2) is 15.8 Å². The van der Waals surface area contributed by atoms with Crippen LogP contribution < -0.4 is 14.8 Å². The minimum absolute atomic E-state index is 0.00268. The van der Waals surface area contributed by atoms with Crippen LogP contribution in [0.3, 0.4) is 0 Å². The average Bonchev–Trinajstić information content (AvgIpc) is 3.37. The molecule has 0 fully saturated rings. The number of rotatable bonds is 9. The van der Waals surface area contributed by atoms with E-state index in [1.807, 2.05) is 0 Å². The van der Waals surface area contributed by atoms with Crippen molar-refractivity contribution >= 4 is 23.0 Å². The SMILES string of the molecule is Cc1ccc(OCc2ccc(C(=O)Nc3cc(Oc4cccc(C(F)(F)F)c4)cc([N+](=O)[O-])c3)o2)c([N+](=O)[O-])c1. The smallest absolute Gasteiger partial charge is 0.416 e. The number of aryl methyl sites for hydroxylation is 1. The van der Waals surface area contributed by atoms with Gasteiger partial charge in [0.25, 0.3) is 11.6 Å². The third-order valence-electron chi connectivity index (χ3n) is 5.32. The lowest BCUT2D eigenvalue weighted by Crippen LogP contribution is -2.11. The van der Waals surface area contributed by atoms with Crippen molar-refractivity contribution < 1.29 is 41.7 Å². The maximum Gasteiger partial charge on any atom is 0.416 e. The Morgan fingerprint density at radius 3 is 2.42 bits per heavy atom. The topological polar surface area (TPSA) is 147 Å². The quantitative estimate of drug-likeness (QED) is 0.170. The molecule has 0 saturated heterocycles. The number of hydrogen-bond donors (Lipinski definition) is 1. The maximum atomic E-state index is 13.0. The van der Waals surface area contributed by atoms with Crippen molar-refractivity contribution in [3.8, 4) is 17.2 Å². The number of alkyl halides is 3. The molecule has 0 atom stereocenters. The van der Waals surface area contributed by atoms with Crippen molar-refractivity contribution in [2.75, 3.05) is 5.32 Å². The molecule has 4 rings (SSSR count). The number of benzene rings is 3. The van der Waals surface area contributed by atoms with Crippen molar-refractivity contribution in [2.24, 2.45) is 0 Å². The van der Waals surface area contributed by atoms with Gasteiger partial charge in [0.1, 0.15) is 23.9 Å². The Kier molecular flexibility index (Phi) is 7.70. The average molecular weight is 557 g/mol. The largest absolute Gasteiger partial charge is 0.479 e. The lowest BCUT2D eigenvalue weighted by atomic mass is 10.2. The molecule has 0 unspecified atom stereocenters. The lowest BCUT2D eigenvalue weighted by Gasteiger charge is -2.11. The molecule has 1 aromatic heterocycles. The minimum Gasteiger partial charge on any atom is -0.479 e. The van der Waals surface area contributed by atoms with Gasteiger partial charge in [-0.05, 0) is 48.9 Å². The summed E-state index contributed by atoms with van der Waals surface area (Å²) in [5, 5.41) is 25.0. The first-order valence-electron chi connectivity index (χ1n) is 11.3. The molecule has 0 aliphatic heterocycles. The summed E-state index contributed by atoms with van der Waals surface area (Å²) in [6.07, 6.45) is -4.62. The second-order valence-electron chi connectivity index (χ2n) is 8.34. The monoisotopic (exact) mass is 557 g/mol. The number of hydrogen-bond acceptors (Lipinski definition) is 8. The summed E-state index contributed by atoms with van der Waals surface area (Å²) in [4.78, 5) is 34.0. The second kappa shape index (κ2) is 11.1. The first-order valence-corrected chi connectivity index (χ1v) is 11.3. The number of nitrogens with one attached hydrogen (secondary N) is 1. The number of nitro groups is 2. The van der Waals surface area contributed by atoms with Crippen molar-refractivity contribution in [3.05, 3.63) is 116 Å². The molecular formula is C26H18F3N3O8. The molecule has 0 radical (unpaired) electrons. The molecule has 1 amide bonds. The van der Waals surface area contributed by atoms with E-state index in [9.17, 15) is 38.2 Å². The van der Waals surface area contributed by atoms with Gasteiger partial charge in [0.05, 0.1) is 27.2 Å². The van der Waals surface area contributed by atoms with Gasteiger partial charge in [-0.15, -0.1) is 0 Å². The number of amides is 1. The molecule has 0 spiro atoms. The van der Waals surface area contributed by atoms with Crippen molar-refractivity contribution in [2.45, 2.75) is 19.7 Å². The molecule has 206 valence electrons. The van der Waals surface area contributed by atoms with Crippen molar-refractivity contribution in [1.82, 2.24) is 0 Å². The van der Waals surface area contributed by atoms with E-state index in [0.29, 0.717) is 5.56 Å². The van der Waals surface area contributed by atoms with E-state index in [1.165, 1.54) is 36.4 Å². The molecule has 0 aliphatic carbocycles. The highest BCUT2D eigenvalue weighted by Gasteiger charge is 2.30. The second-order valence-corrected chi connectivity index (χ2v) is 8.34. The lowest BCUT2D eigenvalue weighted by molar-refractivity contribution is -0.386. The van der Waals surface area contributed by atoms with Gasteiger partial charge in [-0.2, -0.15) is 13.2 Å². The molecule has 4 aromatic rings. The summed E-state index contributed by atoms with van der Waals surface area (Å²) in [5.41, 5.74) is -1.13. The van der Waals surface area contributed by atoms with Crippen LogP contribution in [0.2, 0.25) is 0 Å². The van der Waals surface area contributed by atoms with E-state index in [1.54, 1.807) is 13.0 Å². The van der Waals surface area contributed by atoms with Gasteiger partial charge in [0.2, 0.25) is 0 Å². The van der Waals surface area contributed by atoms with Gasteiger partial charge < -0.3 is 19.2 Å². The first kappa shape index (κ1) is 27.6. The summed E-state index contributed by atoms with van der Waals surface area (Å²) in [5.74, 6) is -1.27. The number of carbonyl (C=O) groups is 1. The Labute approximate surface area is 223 Å². The van der Waals surface area contributed by atoms with Crippen LogP contribution in [0.5, 0.6) is 17.2 Å². The van der Waals surface area contributed by atoms with Crippen LogP contribution in [0.25, 0.3) is 0 Å². The molecule has 3 aromatic carbocycles. The molecule has 1 N–H and O–H groups in total. The third kappa shape index (κ3) is 6.72. The summed E-state index contributed by atoms with van der Waals surface area (Å²) >= 11 is 0. The number of anilines is 1. The van der Waals surface area contributed by atoms with E-state index in [0.717, 1.165) is 30.3 Å². The minimum atomic E-state index is -4.62. The molecule has 0 aliphatic rings. The van der Waals surface area contributed by atoms with Crippen LogP contribution in [0, 0.1) is 27.2 Å². The molecule has 11 nitrogen and oxygen atoms in total. The van der Waals surface area contributed by atoms with Crippen LogP contribution >= 0.6 is 0 Å². The Morgan fingerprint density at radius 2 is 1.73 bits per heavy atom. The number of non-ortho nitro benzene ring substituents is 1. The molecule has 1 heterocycles. The highest BCUT2D eigenvalue weighted by molar-refractivity contribution is 6.02. The Morgan fingerprint density at radius 1 is 0.950 bits per heavy atom. The van der Waals surface area contributed by atoms with E-state index in [-0.39, 0.29) is 46.8 Å². The first-order chi connectivity index (χ1) is 18.9. The molecular weight excluding hydrogens is 539 g/mol. The Bertz CT molecular complexity index is 1600. The van der Waals surface area contributed by atoms with E-state index in [2.05, 4.69) is 5.32 Å². The van der Waals surface area contributed by atoms with Crippen LogP contribution in [0.15, 0.2) is 77.2 Å². The van der Waals surface area contributed by atoms with E-state index in [4.69, 9.17) is 13.9 Å². The summed E-state index contributed by atoms with van der Waals surface area (Å²) in [7, 11) is 0. The molecule has 0 bridgehead atoms. The third-order valence-corrected chi connectivity index (χ3v) is 5.32. The zero-order valence-corrected chi connectivity index (χ0v) is 20.4. The zero-order chi connectivity index (χ0) is 29.0.